The van der Waals surface area contributed by atoms with Crippen LogP contribution < -0.4 is 4.74 Å². The van der Waals surface area contributed by atoms with Crippen molar-refractivity contribution in [2.45, 2.75) is 25.6 Å². The molecule has 0 aliphatic carbocycles. The molecule has 0 bridgehead atoms. The number of hydrogen-bond acceptors (Lipinski definition) is 2. The van der Waals surface area contributed by atoms with Gasteiger partial charge in [-0.25, -0.2) is 0 Å². The number of rotatable bonds is 1. The van der Waals surface area contributed by atoms with Crippen LogP contribution in [0.2, 0.25) is 0 Å². The van der Waals surface area contributed by atoms with E-state index in [-0.39, 0.29) is 18.5 Å². The molecule has 2 aliphatic rings. The third kappa shape index (κ3) is 2.23. The fraction of sp³-hybridized carbons (Fsp3) is 0.300. The van der Waals surface area contributed by atoms with Gasteiger partial charge in [0.15, 0.2) is 0 Å². The molecular weight excluding hydrogens is 320 g/mol. The maximum atomic E-state index is 6.36. The Balaban J connectivity index is 0.00000146. The molecule has 3 nitrogen and oxygen atoms in total. The van der Waals surface area contributed by atoms with Crippen LogP contribution in [0.4, 0.5) is 0 Å². The highest BCUT2D eigenvalue weighted by atomic mass is 35.5. The Morgan fingerprint density at radius 1 is 1.04 bits per heavy atom. The summed E-state index contributed by atoms with van der Waals surface area (Å²) in [6.45, 7) is 3.09. The normalized spacial score (nSPS) is 19.5. The molecule has 0 fully saturated rings. The molecule has 2 aliphatic heterocycles. The van der Waals surface area contributed by atoms with Gasteiger partial charge in [0.25, 0.3) is 0 Å². The summed E-state index contributed by atoms with van der Waals surface area (Å²) < 4.78 is 8.88. The third-order valence-electron chi connectivity index (χ3n) is 5.22. The summed E-state index contributed by atoms with van der Waals surface area (Å²) >= 11 is 0. The highest BCUT2D eigenvalue weighted by Crippen LogP contribution is 2.41. The van der Waals surface area contributed by atoms with Crippen molar-refractivity contribution in [2.24, 2.45) is 0 Å². The lowest BCUT2D eigenvalue weighted by molar-refractivity contribution is 0.171. The molecule has 5 rings (SSSR count). The van der Waals surface area contributed by atoms with Gasteiger partial charge in [0.1, 0.15) is 11.9 Å². The van der Waals surface area contributed by atoms with E-state index in [0.29, 0.717) is 0 Å². The van der Waals surface area contributed by atoms with Crippen molar-refractivity contribution in [3.05, 3.63) is 65.4 Å². The molecule has 0 N–H and O–H groups in total. The monoisotopic (exact) mass is 340 g/mol. The average molecular weight is 341 g/mol. The van der Waals surface area contributed by atoms with Crippen LogP contribution in [0.1, 0.15) is 22.9 Å². The molecule has 3 aromatic rings. The van der Waals surface area contributed by atoms with Gasteiger partial charge < -0.3 is 14.2 Å². The Morgan fingerprint density at radius 3 is 2.71 bits per heavy atom. The fourth-order valence-corrected chi connectivity index (χ4v) is 4.10. The van der Waals surface area contributed by atoms with E-state index in [4.69, 9.17) is 4.74 Å². The first kappa shape index (κ1) is 15.6. The maximum absolute atomic E-state index is 6.36. The number of benzene rings is 2. The van der Waals surface area contributed by atoms with E-state index >= 15 is 0 Å². The summed E-state index contributed by atoms with van der Waals surface area (Å²) in [6.07, 6.45) is 1.23. The minimum atomic E-state index is 0. The second-order valence-electron chi connectivity index (χ2n) is 6.69. The van der Waals surface area contributed by atoms with E-state index in [2.05, 4.69) is 65.0 Å². The van der Waals surface area contributed by atoms with Crippen molar-refractivity contribution in [2.75, 3.05) is 13.6 Å². The molecule has 3 heterocycles. The van der Waals surface area contributed by atoms with Crippen LogP contribution in [0.25, 0.3) is 10.9 Å². The molecule has 0 amide bonds. The Hall–Kier alpha value is -1.97. The van der Waals surface area contributed by atoms with Crippen LogP contribution in [0, 0.1) is 0 Å². The third-order valence-corrected chi connectivity index (χ3v) is 5.22. The van der Waals surface area contributed by atoms with Crippen LogP contribution >= 0.6 is 12.4 Å². The minimum Gasteiger partial charge on any atom is -0.482 e. The van der Waals surface area contributed by atoms with E-state index in [9.17, 15) is 0 Å². The van der Waals surface area contributed by atoms with Crippen molar-refractivity contribution in [3.8, 4) is 5.75 Å². The second kappa shape index (κ2) is 5.83. The first-order chi connectivity index (χ1) is 11.3. The van der Waals surface area contributed by atoms with Crippen molar-refractivity contribution in [1.29, 1.82) is 0 Å². The van der Waals surface area contributed by atoms with Gasteiger partial charge in [0, 0.05) is 30.6 Å². The highest BCUT2D eigenvalue weighted by Gasteiger charge is 2.30. The average Bonchev–Trinajstić information content (AvgIpc) is 2.91. The molecule has 124 valence electrons. The molecule has 0 spiro atoms. The van der Waals surface area contributed by atoms with E-state index in [1.165, 1.54) is 27.7 Å². The van der Waals surface area contributed by atoms with Crippen LogP contribution in [0.3, 0.4) is 0 Å². The van der Waals surface area contributed by atoms with E-state index in [1.54, 1.807) is 0 Å². The zero-order valence-corrected chi connectivity index (χ0v) is 14.6. The van der Waals surface area contributed by atoms with Gasteiger partial charge in [-0.05, 0) is 24.2 Å². The second-order valence-corrected chi connectivity index (χ2v) is 6.69. The van der Waals surface area contributed by atoms with Crippen LogP contribution in [0.15, 0.2) is 48.5 Å². The van der Waals surface area contributed by atoms with Gasteiger partial charge in [0.2, 0.25) is 0 Å². The van der Waals surface area contributed by atoms with E-state index in [0.717, 1.165) is 31.8 Å². The summed E-state index contributed by atoms with van der Waals surface area (Å²) in [5.74, 6) is 1.03. The molecule has 4 heteroatoms. The van der Waals surface area contributed by atoms with E-state index in [1.807, 2.05) is 0 Å². The lowest BCUT2D eigenvalue weighted by Crippen LogP contribution is -2.28. The molecule has 1 aromatic heterocycles. The summed E-state index contributed by atoms with van der Waals surface area (Å²) in [5.41, 5.74) is 5.55. The van der Waals surface area contributed by atoms with Gasteiger partial charge in [0.05, 0.1) is 12.1 Å². The molecule has 0 saturated heterocycles. The molecule has 0 radical (unpaired) electrons. The molecular formula is C20H21ClN2O. The number of ether oxygens (including phenoxy) is 1. The predicted octanol–water partition coefficient (Wildman–Crippen LogP) is 4.18. The molecule has 0 saturated carbocycles. The number of nitrogens with zero attached hydrogens (tertiary/aromatic N) is 2. The quantitative estimate of drug-likeness (QED) is 0.661. The van der Waals surface area contributed by atoms with E-state index < -0.39 is 0 Å². The summed E-state index contributed by atoms with van der Waals surface area (Å²) in [7, 11) is 2.21. The van der Waals surface area contributed by atoms with Gasteiger partial charge in [-0.3, -0.25) is 0 Å². The topological polar surface area (TPSA) is 17.4 Å². The number of hydrogen-bond donors (Lipinski definition) is 0. The maximum Gasteiger partial charge on any atom is 0.144 e. The lowest BCUT2D eigenvalue weighted by Gasteiger charge is -2.29. The minimum absolute atomic E-state index is 0. The number of para-hydroxylation sites is 1. The summed E-state index contributed by atoms with van der Waals surface area (Å²) in [6, 6.07) is 17.1. The van der Waals surface area contributed by atoms with Gasteiger partial charge in [-0.15, -0.1) is 12.4 Å². The smallest absolute Gasteiger partial charge is 0.144 e. The van der Waals surface area contributed by atoms with Gasteiger partial charge in [-0.2, -0.15) is 0 Å². The number of halogens is 1. The summed E-state index contributed by atoms with van der Waals surface area (Å²) in [5, 5.41) is 1.37. The zero-order valence-electron chi connectivity index (χ0n) is 13.7. The first-order valence-electron chi connectivity index (χ1n) is 8.34. The molecule has 1 unspecified atom stereocenters. The van der Waals surface area contributed by atoms with Crippen molar-refractivity contribution in [3.63, 3.8) is 0 Å². The van der Waals surface area contributed by atoms with Crippen molar-refractivity contribution in [1.82, 2.24) is 9.47 Å². The molecule has 1 atom stereocenters. The van der Waals surface area contributed by atoms with Crippen LogP contribution in [-0.2, 0) is 19.5 Å². The zero-order chi connectivity index (χ0) is 15.4. The Kier molecular flexibility index (Phi) is 3.78. The van der Waals surface area contributed by atoms with Crippen LogP contribution in [0.5, 0.6) is 5.75 Å². The van der Waals surface area contributed by atoms with Crippen LogP contribution in [-0.4, -0.2) is 23.1 Å². The SMILES string of the molecule is CN1CCc2c(c3cccc4c3n2CC(c2ccccc2)O4)C1.Cl. The molecule has 24 heavy (non-hydrogen) atoms. The Labute approximate surface area is 148 Å². The Bertz CT molecular complexity index is 888. The summed E-state index contributed by atoms with van der Waals surface area (Å²) in [4.78, 5) is 2.41. The first-order valence-corrected chi connectivity index (χ1v) is 8.34. The number of fused-ring (bicyclic) bond motifs is 3. The largest absolute Gasteiger partial charge is 0.482 e. The van der Waals surface area contributed by atoms with Crippen molar-refractivity contribution >= 4 is 23.3 Å². The van der Waals surface area contributed by atoms with Gasteiger partial charge >= 0.3 is 0 Å². The standard InChI is InChI=1S/C20H20N2O.ClH/c1-21-11-10-17-16(12-21)15-8-5-9-18-20(15)22(17)13-19(23-18)14-6-3-2-4-7-14;/h2-9,19H,10-13H2,1H3;1H. The highest BCUT2D eigenvalue weighted by molar-refractivity contribution is 5.91. The number of aromatic nitrogens is 1. The molecule has 2 aromatic carbocycles. The number of likely N-dealkylation sites (N-methyl/N-ethyl adjacent to an activating group) is 1. The predicted molar refractivity (Wildman–Crippen MR) is 99.0 cm³/mol. The van der Waals surface area contributed by atoms with Gasteiger partial charge in [-0.1, -0.05) is 42.5 Å². The lowest BCUT2D eigenvalue weighted by atomic mass is 10.1. The Morgan fingerprint density at radius 2 is 1.88 bits per heavy atom. The van der Waals surface area contributed by atoms with Crippen molar-refractivity contribution < 1.29 is 4.74 Å². The fourth-order valence-electron chi connectivity index (χ4n) is 4.10.